The van der Waals surface area contributed by atoms with Gasteiger partial charge in [-0.1, -0.05) is 0 Å². The number of nitro groups is 1. The highest BCUT2D eigenvalue weighted by molar-refractivity contribution is 7.89. The van der Waals surface area contributed by atoms with Crippen LogP contribution in [0.4, 0.5) is 11.4 Å². The Morgan fingerprint density at radius 3 is 2.76 bits per heavy atom. The Labute approximate surface area is 122 Å². The molecule has 0 bridgehead atoms. The molecule has 116 valence electrons. The van der Waals surface area contributed by atoms with Crippen LogP contribution in [-0.2, 0) is 10.0 Å². The number of β-amino-alcohol motifs (C(OH)–C–C–N with tert-alkyl or cyclic N) is 1. The normalized spacial score (nSPS) is 20.2. The molecule has 0 aromatic heterocycles. The average molecular weight is 315 g/mol. The first-order chi connectivity index (χ1) is 9.86. The molecule has 1 aromatic carbocycles. The number of anilines is 1. The van der Waals surface area contributed by atoms with E-state index in [0.717, 1.165) is 4.31 Å². The maximum Gasteiger partial charge on any atom is 0.289 e. The molecule has 0 spiro atoms. The van der Waals surface area contributed by atoms with Crippen LogP contribution in [0.5, 0.6) is 0 Å². The van der Waals surface area contributed by atoms with Gasteiger partial charge >= 0.3 is 0 Å². The van der Waals surface area contributed by atoms with Crippen molar-refractivity contribution in [1.82, 2.24) is 4.31 Å². The average Bonchev–Trinajstić information content (AvgIpc) is 2.46. The molecule has 0 aliphatic carbocycles. The lowest BCUT2D eigenvalue weighted by Gasteiger charge is -2.29. The van der Waals surface area contributed by atoms with Gasteiger partial charge in [0, 0.05) is 31.9 Å². The second-order valence-corrected chi connectivity index (χ2v) is 6.76. The smallest absolute Gasteiger partial charge is 0.289 e. The van der Waals surface area contributed by atoms with Gasteiger partial charge in [-0.3, -0.25) is 10.1 Å². The molecule has 0 radical (unpaired) electrons. The molecule has 1 aromatic rings. The van der Waals surface area contributed by atoms with E-state index in [0.29, 0.717) is 18.5 Å². The van der Waals surface area contributed by atoms with Crippen molar-refractivity contribution in [2.45, 2.75) is 23.8 Å². The number of sulfonamides is 1. The summed E-state index contributed by atoms with van der Waals surface area (Å²) in [6.07, 6.45) is 0.324. The molecule has 21 heavy (non-hydrogen) atoms. The lowest BCUT2D eigenvalue weighted by molar-refractivity contribution is -0.387. The van der Waals surface area contributed by atoms with Gasteiger partial charge in [0.1, 0.15) is 0 Å². The Morgan fingerprint density at radius 1 is 1.48 bits per heavy atom. The first-order valence-corrected chi connectivity index (χ1v) is 7.94. The molecule has 0 amide bonds. The molecule has 1 heterocycles. The Bertz CT molecular complexity index is 646. The van der Waals surface area contributed by atoms with Gasteiger partial charge in [0.2, 0.25) is 10.0 Å². The van der Waals surface area contributed by atoms with Crippen molar-refractivity contribution < 1.29 is 18.4 Å². The van der Waals surface area contributed by atoms with Gasteiger partial charge in [0.25, 0.3) is 5.69 Å². The molecule has 0 saturated carbocycles. The number of hydrogen-bond acceptors (Lipinski definition) is 6. The summed E-state index contributed by atoms with van der Waals surface area (Å²) in [4.78, 5) is 10.00. The van der Waals surface area contributed by atoms with Crippen LogP contribution in [0.25, 0.3) is 0 Å². The third-order valence-corrected chi connectivity index (χ3v) is 5.32. The predicted octanol–water partition coefficient (Wildman–Crippen LogP) is 0.782. The molecule has 9 heteroatoms. The zero-order chi connectivity index (χ0) is 15.6. The Morgan fingerprint density at radius 2 is 2.19 bits per heavy atom. The molecular formula is C12H17N3O5S. The van der Waals surface area contributed by atoms with Crippen LogP contribution in [0, 0.1) is 10.1 Å². The van der Waals surface area contributed by atoms with Crippen LogP contribution in [0.1, 0.15) is 12.8 Å². The second kappa shape index (κ2) is 5.96. The molecule has 8 nitrogen and oxygen atoms in total. The van der Waals surface area contributed by atoms with Gasteiger partial charge in [-0.05, 0) is 25.0 Å². The van der Waals surface area contributed by atoms with E-state index in [1.165, 1.54) is 18.2 Å². The first-order valence-electron chi connectivity index (χ1n) is 6.50. The summed E-state index contributed by atoms with van der Waals surface area (Å²) in [5.41, 5.74) is 0.00537. The van der Waals surface area contributed by atoms with Crippen LogP contribution in [-0.4, -0.2) is 49.0 Å². The molecule has 1 aliphatic rings. The number of piperidine rings is 1. The van der Waals surface area contributed by atoms with Crippen LogP contribution < -0.4 is 5.32 Å². The van der Waals surface area contributed by atoms with Gasteiger partial charge in [0.05, 0.1) is 11.0 Å². The number of benzene rings is 1. The quantitative estimate of drug-likeness (QED) is 0.627. The molecule has 1 saturated heterocycles. The molecule has 1 unspecified atom stereocenters. The lowest BCUT2D eigenvalue weighted by atomic mass is 10.1. The standard InChI is InChI=1S/C12H17N3O5S/c1-13-9-4-5-11(15(17)18)12(7-9)21(19,20)14-6-2-3-10(16)8-14/h4-5,7,10,13,16H,2-3,6,8H2,1H3. The molecular weight excluding hydrogens is 298 g/mol. The Hall–Kier alpha value is -1.71. The topological polar surface area (TPSA) is 113 Å². The van der Waals surface area contributed by atoms with Crippen molar-refractivity contribution in [2.75, 3.05) is 25.5 Å². The fourth-order valence-corrected chi connectivity index (χ4v) is 4.00. The summed E-state index contributed by atoms with van der Waals surface area (Å²) >= 11 is 0. The summed E-state index contributed by atoms with van der Waals surface area (Å²) in [7, 11) is -2.41. The van der Waals surface area contributed by atoms with E-state index < -0.39 is 26.7 Å². The Kier molecular flexibility index (Phi) is 4.45. The minimum atomic E-state index is -4.01. The highest BCUT2D eigenvalue weighted by Gasteiger charge is 2.34. The van der Waals surface area contributed by atoms with E-state index >= 15 is 0 Å². The number of nitro benzene ring substituents is 1. The SMILES string of the molecule is CNc1ccc([N+](=O)[O-])c(S(=O)(=O)N2CCCC(O)C2)c1. The van der Waals surface area contributed by atoms with Crippen LogP contribution in [0.2, 0.25) is 0 Å². The third kappa shape index (κ3) is 3.14. The largest absolute Gasteiger partial charge is 0.392 e. The fourth-order valence-electron chi connectivity index (χ4n) is 2.31. The lowest BCUT2D eigenvalue weighted by Crippen LogP contribution is -2.42. The highest BCUT2D eigenvalue weighted by Crippen LogP contribution is 2.30. The minimum absolute atomic E-state index is 0.0384. The van der Waals surface area contributed by atoms with Crippen molar-refractivity contribution >= 4 is 21.4 Å². The van der Waals surface area contributed by atoms with E-state index in [4.69, 9.17) is 0 Å². The number of rotatable bonds is 4. The summed E-state index contributed by atoms with van der Waals surface area (Å²) in [6.45, 7) is 0.212. The van der Waals surface area contributed by atoms with Gasteiger partial charge in [0.15, 0.2) is 4.90 Å². The predicted molar refractivity (Wildman–Crippen MR) is 76.6 cm³/mol. The Balaban J connectivity index is 2.49. The number of aliphatic hydroxyl groups excluding tert-OH is 1. The maximum atomic E-state index is 12.6. The number of nitrogens with one attached hydrogen (secondary N) is 1. The maximum absolute atomic E-state index is 12.6. The van der Waals surface area contributed by atoms with Gasteiger partial charge in [-0.2, -0.15) is 4.31 Å². The van der Waals surface area contributed by atoms with Gasteiger partial charge in [-0.25, -0.2) is 8.42 Å². The minimum Gasteiger partial charge on any atom is -0.392 e. The third-order valence-electron chi connectivity index (χ3n) is 3.42. The van der Waals surface area contributed by atoms with E-state index in [9.17, 15) is 23.6 Å². The number of aliphatic hydroxyl groups is 1. The second-order valence-electron chi connectivity index (χ2n) is 4.85. The summed E-state index contributed by atoms with van der Waals surface area (Å²) < 4.78 is 26.3. The highest BCUT2D eigenvalue weighted by atomic mass is 32.2. The summed E-state index contributed by atoms with van der Waals surface area (Å²) in [5, 5.41) is 23.4. The molecule has 2 rings (SSSR count). The molecule has 1 atom stereocenters. The number of hydrogen-bond donors (Lipinski definition) is 2. The number of nitrogens with zero attached hydrogens (tertiary/aromatic N) is 2. The zero-order valence-corrected chi connectivity index (χ0v) is 12.3. The van der Waals surface area contributed by atoms with Gasteiger partial charge < -0.3 is 10.4 Å². The van der Waals surface area contributed by atoms with E-state index in [-0.39, 0.29) is 18.0 Å². The summed E-state index contributed by atoms with van der Waals surface area (Å²) in [5.74, 6) is 0. The van der Waals surface area contributed by atoms with Gasteiger partial charge in [-0.15, -0.1) is 0 Å². The fraction of sp³-hybridized carbons (Fsp3) is 0.500. The zero-order valence-electron chi connectivity index (χ0n) is 11.5. The van der Waals surface area contributed by atoms with E-state index in [1.54, 1.807) is 7.05 Å². The molecule has 2 N–H and O–H groups in total. The van der Waals surface area contributed by atoms with Crippen LogP contribution in [0.15, 0.2) is 23.1 Å². The van der Waals surface area contributed by atoms with Crippen molar-refractivity contribution in [3.05, 3.63) is 28.3 Å². The van der Waals surface area contributed by atoms with Crippen molar-refractivity contribution in [3.8, 4) is 0 Å². The van der Waals surface area contributed by atoms with E-state index in [1.807, 2.05) is 0 Å². The van der Waals surface area contributed by atoms with Crippen molar-refractivity contribution in [2.24, 2.45) is 0 Å². The first kappa shape index (κ1) is 15.7. The monoisotopic (exact) mass is 315 g/mol. The van der Waals surface area contributed by atoms with E-state index in [2.05, 4.69) is 5.32 Å². The molecule has 1 aliphatic heterocycles. The van der Waals surface area contributed by atoms with Crippen LogP contribution >= 0.6 is 0 Å². The molecule has 1 fully saturated rings. The summed E-state index contributed by atoms with van der Waals surface area (Å²) in [6, 6.07) is 3.86. The van der Waals surface area contributed by atoms with Crippen molar-refractivity contribution in [3.63, 3.8) is 0 Å². The van der Waals surface area contributed by atoms with Crippen LogP contribution in [0.3, 0.4) is 0 Å². The van der Waals surface area contributed by atoms with Crippen molar-refractivity contribution in [1.29, 1.82) is 0 Å².